The van der Waals surface area contributed by atoms with E-state index in [9.17, 15) is 0 Å². The Bertz CT molecular complexity index is 510. The van der Waals surface area contributed by atoms with Gasteiger partial charge in [-0.15, -0.1) is 11.6 Å². The Morgan fingerprint density at radius 2 is 1.79 bits per heavy atom. The quantitative estimate of drug-likeness (QED) is 0.707. The first-order valence-corrected chi connectivity index (χ1v) is 7.20. The third kappa shape index (κ3) is 3.51. The standard InChI is InChI=1S/C17H20ClN/c1-14-7-6-10-17(13-14)19(12-11-18)15(2)16-8-4-3-5-9-16/h3-10,13,15H,11-12H2,1-2H3. The second-order valence-corrected chi connectivity index (χ2v) is 5.19. The topological polar surface area (TPSA) is 3.24 Å². The second-order valence-electron chi connectivity index (χ2n) is 4.81. The number of hydrogen-bond donors (Lipinski definition) is 0. The second kappa shape index (κ2) is 6.63. The van der Waals surface area contributed by atoms with Gasteiger partial charge in [0.05, 0.1) is 6.04 Å². The Labute approximate surface area is 120 Å². The summed E-state index contributed by atoms with van der Waals surface area (Å²) >= 11 is 5.98. The summed E-state index contributed by atoms with van der Waals surface area (Å²) in [5.74, 6) is 0.630. The molecule has 0 aliphatic rings. The van der Waals surface area contributed by atoms with Crippen molar-refractivity contribution in [1.82, 2.24) is 0 Å². The zero-order chi connectivity index (χ0) is 13.7. The van der Waals surface area contributed by atoms with E-state index in [1.807, 2.05) is 0 Å². The molecule has 1 nitrogen and oxygen atoms in total. The van der Waals surface area contributed by atoms with E-state index in [0.717, 1.165) is 6.54 Å². The van der Waals surface area contributed by atoms with Crippen LogP contribution in [0.5, 0.6) is 0 Å². The van der Waals surface area contributed by atoms with Crippen LogP contribution in [-0.2, 0) is 0 Å². The van der Waals surface area contributed by atoms with Crippen LogP contribution in [0.2, 0.25) is 0 Å². The van der Waals surface area contributed by atoms with Crippen molar-refractivity contribution in [2.75, 3.05) is 17.3 Å². The maximum atomic E-state index is 5.98. The number of aryl methyl sites for hydroxylation is 1. The van der Waals surface area contributed by atoms with Crippen LogP contribution >= 0.6 is 11.6 Å². The van der Waals surface area contributed by atoms with Gasteiger partial charge >= 0.3 is 0 Å². The Morgan fingerprint density at radius 3 is 2.42 bits per heavy atom. The summed E-state index contributed by atoms with van der Waals surface area (Å²) in [4.78, 5) is 2.36. The van der Waals surface area contributed by atoms with E-state index in [1.165, 1.54) is 16.8 Å². The highest BCUT2D eigenvalue weighted by Crippen LogP contribution is 2.27. The molecule has 0 aliphatic heterocycles. The first-order chi connectivity index (χ1) is 9.22. The van der Waals surface area contributed by atoms with Gasteiger partial charge in [0.2, 0.25) is 0 Å². The summed E-state index contributed by atoms with van der Waals surface area (Å²) in [7, 11) is 0. The van der Waals surface area contributed by atoms with Gasteiger partial charge in [0, 0.05) is 18.1 Å². The van der Waals surface area contributed by atoms with Crippen LogP contribution in [0.3, 0.4) is 0 Å². The molecule has 100 valence electrons. The van der Waals surface area contributed by atoms with Crippen molar-refractivity contribution in [3.8, 4) is 0 Å². The summed E-state index contributed by atoms with van der Waals surface area (Å²) in [6.07, 6.45) is 0. The average Bonchev–Trinajstić information content (AvgIpc) is 2.45. The molecule has 2 heteroatoms. The zero-order valence-electron chi connectivity index (χ0n) is 11.5. The summed E-state index contributed by atoms with van der Waals surface area (Å²) in [6, 6.07) is 19.5. The lowest BCUT2D eigenvalue weighted by atomic mass is 10.1. The third-order valence-electron chi connectivity index (χ3n) is 3.41. The molecule has 0 spiro atoms. The molecule has 2 aromatic carbocycles. The van der Waals surface area contributed by atoms with Crippen LogP contribution in [0.25, 0.3) is 0 Å². The monoisotopic (exact) mass is 273 g/mol. The van der Waals surface area contributed by atoms with E-state index < -0.39 is 0 Å². The fourth-order valence-electron chi connectivity index (χ4n) is 2.36. The molecule has 0 heterocycles. The van der Waals surface area contributed by atoms with Crippen molar-refractivity contribution < 1.29 is 0 Å². The van der Waals surface area contributed by atoms with Gasteiger partial charge in [-0.2, -0.15) is 0 Å². The minimum absolute atomic E-state index is 0.321. The molecule has 2 rings (SSSR count). The lowest BCUT2D eigenvalue weighted by Gasteiger charge is -2.31. The van der Waals surface area contributed by atoms with Gasteiger partial charge in [0.1, 0.15) is 0 Å². The lowest BCUT2D eigenvalue weighted by molar-refractivity contribution is 0.692. The Kier molecular flexibility index (Phi) is 4.86. The molecule has 0 aromatic heterocycles. The van der Waals surface area contributed by atoms with E-state index in [-0.39, 0.29) is 0 Å². The van der Waals surface area contributed by atoms with E-state index in [4.69, 9.17) is 11.6 Å². The number of benzene rings is 2. The van der Waals surface area contributed by atoms with Gasteiger partial charge < -0.3 is 4.90 Å². The minimum atomic E-state index is 0.321. The molecule has 2 aromatic rings. The van der Waals surface area contributed by atoms with Crippen LogP contribution in [-0.4, -0.2) is 12.4 Å². The van der Waals surface area contributed by atoms with Crippen LogP contribution < -0.4 is 4.90 Å². The fourth-order valence-corrected chi connectivity index (χ4v) is 2.54. The van der Waals surface area contributed by atoms with Crippen molar-refractivity contribution in [1.29, 1.82) is 0 Å². The van der Waals surface area contributed by atoms with E-state index >= 15 is 0 Å². The van der Waals surface area contributed by atoms with Crippen LogP contribution in [0, 0.1) is 6.92 Å². The van der Waals surface area contributed by atoms with Crippen LogP contribution in [0.1, 0.15) is 24.1 Å². The van der Waals surface area contributed by atoms with E-state index in [0.29, 0.717) is 11.9 Å². The highest BCUT2D eigenvalue weighted by atomic mass is 35.5. The summed E-state index contributed by atoms with van der Waals surface area (Å²) < 4.78 is 0. The molecule has 0 amide bonds. The summed E-state index contributed by atoms with van der Waals surface area (Å²) in [5.41, 5.74) is 3.82. The Balaban J connectivity index is 2.30. The highest BCUT2D eigenvalue weighted by molar-refractivity contribution is 6.18. The molecule has 0 fully saturated rings. The Hall–Kier alpha value is -1.47. The Morgan fingerprint density at radius 1 is 1.05 bits per heavy atom. The lowest BCUT2D eigenvalue weighted by Crippen LogP contribution is -2.28. The van der Waals surface area contributed by atoms with Gasteiger partial charge in [-0.1, -0.05) is 42.5 Å². The number of hydrogen-bond acceptors (Lipinski definition) is 1. The van der Waals surface area contributed by atoms with Gasteiger partial charge in [-0.05, 0) is 37.1 Å². The van der Waals surface area contributed by atoms with Crippen LogP contribution in [0.4, 0.5) is 5.69 Å². The predicted octanol–water partition coefficient (Wildman–Crippen LogP) is 4.80. The normalized spacial score (nSPS) is 12.2. The van der Waals surface area contributed by atoms with Crippen molar-refractivity contribution in [2.24, 2.45) is 0 Å². The fraction of sp³-hybridized carbons (Fsp3) is 0.294. The van der Waals surface area contributed by atoms with E-state index in [1.54, 1.807) is 0 Å². The number of alkyl halides is 1. The smallest absolute Gasteiger partial charge is 0.0514 e. The average molecular weight is 274 g/mol. The van der Waals surface area contributed by atoms with Gasteiger partial charge in [0.25, 0.3) is 0 Å². The molecule has 0 aliphatic carbocycles. The van der Waals surface area contributed by atoms with Crippen molar-refractivity contribution in [3.63, 3.8) is 0 Å². The number of rotatable bonds is 5. The maximum absolute atomic E-state index is 5.98. The van der Waals surface area contributed by atoms with Gasteiger partial charge in [-0.25, -0.2) is 0 Å². The van der Waals surface area contributed by atoms with Crippen molar-refractivity contribution in [3.05, 3.63) is 65.7 Å². The number of nitrogens with zero attached hydrogens (tertiary/aromatic N) is 1. The zero-order valence-corrected chi connectivity index (χ0v) is 12.3. The minimum Gasteiger partial charge on any atom is -0.364 e. The molecule has 0 N–H and O–H groups in total. The molecule has 0 bridgehead atoms. The molecule has 1 unspecified atom stereocenters. The summed E-state index contributed by atoms with van der Waals surface area (Å²) in [6.45, 7) is 5.20. The molecular formula is C17H20ClN. The van der Waals surface area contributed by atoms with Gasteiger partial charge in [-0.3, -0.25) is 0 Å². The first-order valence-electron chi connectivity index (χ1n) is 6.66. The summed E-state index contributed by atoms with van der Waals surface area (Å²) in [5, 5.41) is 0. The van der Waals surface area contributed by atoms with Gasteiger partial charge in [0.15, 0.2) is 0 Å². The van der Waals surface area contributed by atoms with Crippen molar-refractivity contribution >= 4 is 17.3 Å². The molecule has 0 radical (unpaired) electrons. The van der Waals surface area contributed by atoms with Crippen molar-refractivity contribution in [2.45, 2.75) is 19.9 Å². The molecular weight excluding hydrogens is 254 g/mol. The molecule has 1 atom stereocenters. The van der Waals surface area contributed by atoms with Crippen LogP contribution in [0.15, 0.2) is 54.6 Å². The molecule has 0 saturated carbocycles. The maximum Gasteiger partial charge on any atom is 0.0514 e. The van der Waals surface area contributed by atoms with E-state index in [2.05, 4.69) is 73.3 Å². The highest BCUT2D eigenvalue weighted by Gasteiger charge is 2.15. The number of halogens is 1. The molecule has 0 saturated heterocycles. The predicted molar refractivity (Wildman–Crippen MR) is 84.1 cm³/mol. The SMILES string of the molecule is Cc1cccc(N(CCCl)C(C)c2ccccc2)c1. The number of anilines is 1. The third-order valence-corrected chi connectivity index (χ3v) is 3.58. The first kappa shape index (κ1) is 14.0. The largest absolute Gasteiger partial charge is 0.364 e. The molecule has 19 heavy (non-hydrogen) atoms.